The molecule has 1 atom stereocenters. The van der Waals surface area contributed by atoms with Crippen LogP contribution < -0.4 is 5.30 Å². The van der Waals surface area contributed by atoms with E-state index in [0.717, 1.165) is 31.0 Å². The lowest BCUT2D eigenvalue weighted by atomic mass is 10.1. The van der Waals surface area contributed by atoms with Crippen LogP contribution in [0.15, 0.2) is 24.3 Å². The van der Waals surface area contributed by atoms with Crippen molar-refractivity contribution in [1.29, 1.82) is 0 Å². The highest BCUT2D eigenvalue weighted by Crippen LogP contribution is 2.42. The normalized spacial score (nSPS) is 13.0. The van der Waals surface area contributed by atoms with Crippen molar-refractivity contribution >= 4 is 13.4 Å². The van der Waals surface area contributed by atoms with Gasteiger partial charge in [0.1, 0.15) is 0 Å². The van der Waals surface area contributed by atoms with Gasteiger partial charge < -0.3 is 0 Å². The van der Waals surface area contributed by atoms with Crippen LogP contribution in [-0.2, 0) is 0 Å². The second-order valence-corrected chi connectivity index (χ2v) is 8.18. The minimum absolute atomic E-state index is 0.233. The van der Waals surface area contributed by atoms with Crippen LogP contribution in [0.3, 0.4) is 0 Å². The van der Waals surface area contributed by atoms with Crippen molar-refractivity contribution in [2.45, 2.75) is 65.7 Å². The van der Waals surface area contributed by atoms with E-state index in [2.05, 4.69) is 25.4 Å². The standard InChI is InChI=1S/C19H32F2NP/c1-4-7-8-9-10-13-16-23(22(5-2)6-3)18-15-12-11-14-17(18)19(20)21/h11-12,14-15,19H,4-10,13,16H2,1-3H3. The van der Waals surface area contributed by atoms with Crippen LogP contribution in [0.2, 0.25) is 0 Å². The molecule has 0 aromatic heterocycles. The van der Waals surface area contributed by atoms with E-state index >= 15 is 0 Å². The second-order valence-electron chi connectivity index (χ2n) is 5.89. The molecular formula is C19H32F2NP. The predicted molar refractivity (Wildman–Crippen MR) is 99.1 cm³/mol. The monoisotopic (exact) mass is 343 g/mol. The van der Waals surface area contributed by atoms with Gasteiger partial charge in [0, 0.05) is 5.56 Å². The van der Waals surface area contributed by atoms with Gasteiger partial charge in [0.25, 0.3) is 6.43 Å². The maximum absolute atomic E-state index is 13.4. The average Bonchev–Trinajstić information content (AvgIpc) is 2.57. The van der Waals surface area contributed by atoms with Gasteiger partial charge in [-0.2, -0.15) is 0 Å². The molecule has 132 valence electrons. The van der Waals surface area contributed by atoms with Gasteiger partial charge in [-0.15, -0.1) is 0 Å². The predicted octanol–water partition coefficient (Wildman–Crippen LogP) is 6.35. The highest BCUT2D eigenvalue weighted by molar-refractivity contribution is 7.63. The van der Waals surface area contributed by atoms with Crippen molar-refractivity contribution < 1.29 is 8.78 Å². The number of halogens is 2. The molecule has 1 unspecified atom stereocenters. The SMILES string of the molecule is CCCCCCCCP(c1ccccc1C(F)F)N(CC)CC. The van der Waals surface area contributed by atoms with Gasteiger partial charge in [-0.05, 0) is 39.0 Å². The van der Waals surface area contributed by atoms with E-state index in [1.54, 1.807) is 12.1 Å². The Balaban J connectivity index is 2.77. The highest BCUT2D eigenvalue weighted by atomic mass is 31.1. The molecule has 0 N–H and O–H groups in total. The quantitative estimate of drug-likeness (QED) is 0.316. The lowest BCUT2D eigenvalue weighted by Crippen LogP contribution is -2.26. The van der Waals surface area contributed by atoms with E-state index in [9.17, 15) is 8.78 Å². The second kappa shape index (κ2) is 11.9. The molecule has 1 nitrogen and oxygen atoms in total. The number of unbranched alkanes of at least 4 members (excludes halogenated alkanes) is 5. The largest absolute Gasteiger partial charge is 0.279 e. The summed E-state index contributed by atoms with van der Waals surface area (Å²) < 4.78 is 29.1. The molecule has 0 saturated heterocycles. The number of nitrogens with zero attached hydrogens (tertiary/aromatic N) is 1. The van der Waals surface area contributed by atoms with Crippen molar-refractivity contribution in [3.05, 3.63) is 29.8 Å². The molecule has 0 aliphatic rings. The molecule has 0 radical (unpaired) electrons. The number of benzene rings is 1. The van der Waals surface area contributed by atoms with Gasteiger partial charge in [0.05, 0.1) is 0 Å². The van der Waals surface area contributed by atoms with Gasteiger partial charge in [0.15, 0.2) is 0 Å². The third-order valence-corrected chi connectivity index (χ3v) is 7.20. The third-order valence-electron chi connectivity index (χ3n) is 4.24. The summed E-state index contributed by atoms with van der Waals surface area (Å²) in [7, 11) is -0.644. The Hall–Kier alpha value is -0.530. The lowest BCUT2D eigenvalue weighted by molar-refractivity contribution is 0.152. The zero-order valence-electron chi connectivity index (χ0n) is 14.9. The van der Waals surface area contributed by atoms with Gasteiger partial charge >= 0.3 is 0 Å². The summed E-state index contributed by atoms with van der Waals surface area (Å²) in [4.78, 5) is 0. The van der Waals surface area contributed by atoms with Crippen molar-refractivity contribution in [1.82, 2.24) is 4.67 Å². The summed E-state index contributed by atoms with van der Waals surface area (Å²) in [6.45, 7) is 8.34. The van der Waals surface area contributed by atoms with E-state index in [1.807, 2.05) is 12.1 Å². The van der Waals surface area contributed by atoms with Gasteiger partial charge in [0.2, 0.25) is 0 Å². The Bertz CT molecular complexity index is 422. The molecule has 0 bridgehead atoms. The zero-order valence-corrected chi connectivity index (χ0v) is 15.8. The molecule has 0 saturated carbocycles. The average molecular weight is 343 g/mol. The first-order chi connectivity index (χ1) is 11.2. The maximum Gasteiger partial charge on any atom is 0.264 e. The van der Waals surface area contributed by atoms with E-state index in [1.165, 1.54) is 32.1 Å². The first-order valence-electron chi connectivity index (χ1n) is 9.05. The van der Waals surface area contributed by atoms with Crippen LogP contribution in [0.5, 0.6) is 0 Å². The summed E-state index contributed by atoms with van der Waals surface area (Å²) in [6, 6.07) is 7.15. The number of hydrogen-bond donors (Lipinski definition) is 0. The smallest absolute Gasteiger partial charge is 0.264 e. The van der Waals surface area contributed by atoms with Crippen molar-refractivity contribution in [2.75, 3.05) is 19.3 Å². The van der Waals surface area contributed by atoms with E-state index < -0.39 is 14.5 Å². The summed E-state index contributed by atoms with van der Waals surface area (Å²) >= 11 is 0. The topological polar surface area (TPSA) is 3.24 Å². The van der Waals surface area contributed by atoms with Crippen LogP contribution in [0.1, 0.15) is 71.3 Å². The highest BCUT2D eigenvalue weighted by Gasteiger charge is 2.23. The number of alkyl halides is 2. The number of hydrogen-bond acceptors (Lipinski definition) is 1. The lowest BCUT2D eigenvalue weighted by Gasteiger charge is -2.31. The molecule has 4 heteroatoms. The first kappa shape index (κ1) is 20.5. The molecule has 1 aromatic rings. The van der Waals surface area contributed by atoms with Gasteiger partial charge in [-0.1, -0.05) is 77.1 Å². The minimum atomic E-state index is -2.38. The van der Waals surface area contributed by atoms with Gasteiger partial charge in [-0.25, -0.2) is 8.78 Å². The van der Waals surface area contributed by atoms with Gasteiger partial charge in [-0.3, -0.25) is 4.67 Å². The molecule has 1 aromatic carbocycles. The Morgan fingerprint density at radius 2 is 1.52 bits per heavy atom. The zero-order chi connectivity index (χ0) is 17.1. The van der Waals surface area contributed by atoms with Crippen LogP contribution in [0.25, 0.3) is 0 Å². The van der Waals surface area contributed by atoms with Crippen LogP contribution in [-0.4, -0.2) is 23.9 Å². The summed E-state index contributed by atoms with van der Waals surface area (Å²) in [5.74, 6) is 0. The summed E-state index contributed by atoms with van der Waals surface area (Å²) in [5, 5.41) is 0.884. The van der Waals surface area contributed by atoms with Crippen molar-refractivity contribution in [3.8, 4) is 0 Å². The molecule has 1 rings (SSSR count). The van der Waals surface area contributed by atoms with Crippen molar-refractivity contribution in [3.63, 3.8) is 0 Å². The minimum Gasteiger partial charge on any atom is -0.279 e. The van der Waals surface area contributed by atoms with Crippen LogP contribution in [0, 0.1) is 0 Å². The Labute approximate surface area is 142 Å². The van der Waals surface area contributed by atoms with Crippen LogP contribution >= 0.6 is 8.07 Å². The molecule has 0 fully saturated rings. The number of rotatable bonds is 12. The fourth-order valence-corrected chi connectivity index (χ4v) is 5.69. The fraction of sp³-hybridized carbons (Fsp3) is 0.684. The first-order valence-corrected chi connectivity index (χ1v) is 10.5. The summed E-state index contributed by atoms with van der Waals surface area (Å²) in [6.07, 6.45) is 6.15. The Morgan fingerprint density at radius 1 is 0.913 bits per heavy atom. The molecule has 0 amide bonds. The molecular weight excluding hydrogens is 311 g/mol. The van der Waals surface area contributed by atoms with E-state index in [0.29, 0.717) is 0 Å². The van der Waals surface area contributed by atoms with Crippen molar-refractivity contribution in [2.24, 2.45) is 0 Å². The maximum atomic E-state index is 13.4. The molecule has 0 heterocycles. The molecule has 0 aliphatic heterocycles. The van der Waals surface area contributed by atoms with E-state index in [-0.39, 0.29) is 5.56 Å². The van der Waals surface area contributed by atoms with E-state index in [4.69, 9.17) is 0 Å². The summed E-state index contributed by atoms with van der Waals surface area (Å²) in [5.41, 5.74) is 0.233. The fourth-order valence-electron chi connectivity index (χ4n) is 2.93. The molecule has 23 heavy (non-hydrogen) atoms. The van der Waals surface area contributed by atoms with Crippen LogP contribution in [0.4, 0.5) is 8.78 Å². The third kappa shape index (κ3) is 6.85. The Kier molecular flexibility index (Phi) is 10.6. The molecule has 0 spiro atoms. The molecule has 0 aliphatic carbocycles. The Morgan fingerprint density at radius 3 is 2.13 bits per heavy atom.